The molecule has 0 N–H and O–H groups in total. The van der Waals surface area contributed by atoms with Crippen LogP contribution in [0.3, 0.4) is 0 Å². The molecule has 0 aliphatic carbocycles. The van der Waals surface area contributed by atoms with Crippen molar-refractivity contribution in [3.8, 4) is 0 Å². The molecule has 0 unspecified atom stereocenters. The zero-order chi connectivity index (χ0) is 8.53. The second-order valence-electron chi connectivity index (χ2n) is 1.81. The Morgan fingerprint density at radius 3 is 2.18 bits per heavy atom. The predicted molar refractivity (Wildman–Crippen MR) is 49.8 cm³/mol. The Hall–Kier alpha value is -0.196. The zero-order valence-corrected chi connectivity index (χ0v) is 8.52. The fraction of sp³-hybridized carbons (Fsp3) is 0. The molecule has 1 aromatic rings. The Morgan fingerprint density at radius 1 is 1.18 bits per heavy atom. The van der Waals surface area contributed by atoms with Gasteiger partial charge in [0, 0.05) is 0 Å². The first kappa shape index (κ1) is 10.8. The van der Waals surface area contributed by atoms with Crippen LogP contribution in [0.25, 0.3) is 6.08 Å². The second kappa shape index (κ2) is 7.91. The average Bonchev–Trinajstić information content (AvgIpc) is 2.11. The molecule has 0 aromatic heterocycles. The van der Waals surface area contributed by atoms with Gasteiger partial charge in [0.15, 0.2) is 0 Å². The van der Waals surface area contributed by atoms with E-state index in [0.717, 1.165) is 0 Å². The molecule has 0 saturated heterocycles. The normalized spacial score (nSPS) is 9.00. The van der Waals surface area contributed by atoms with E-state index in [2.05, 4.69) is 34.8 Å². The third-order valence-electron chi connectivity index (χ3n) is 1.11. The van der Waals surface area contributed by atoms with Crippen LogP contribution in [0.4, 0.5) is 0 Å². The third kappa shape index (κ3) is 5.11. The summed E-state index contributed by atoms with van der Waals surface area (Å²) in [6.45, 7) is 3.60. The van der Waals surface area contributed by atoms with Gasteiger partial charge in [-0.1, -0.05) is 30.3 Å². The minimum atomic E-state index is 1.20. The number of hydrogen-bond acceptors (Lipinski definition) is 0. The van der Waals surface area contributed by atoms with Crippen LogP contribution >= 0.6 is 14.2 Å². The number of halogens is 1. The first-order valence-electron chi connectivity index (χ1n) is 3.06. The van der Waals surface area contributed by atoms with Crippen molar-refractivity contribution in [1.29, 1.82) is 0 Å². The molecule has 1 aromatic carbocycles. The molecule has 0 amide bonds. The Bertz CT molecular complexity index is 194. The fourth-order valence-corrected chi connectivity index (χ4v) is 0.700. The number of benzene rings is 1. The summed E-state index contributed by atoms with van der Waals surface area (Å²) in [6, 6.07) is 10.1. The molecular weight excluding hydrogens is 247 g/mol. The summed E-state index contributed by atoms with van der Waals surface area (Å²) < 4.78 is 0. The zero-order valence-electron chi connectivity index (χ0n) is 5.94. The SMILES string of the molecule is [CH2-]C=Cc1ccccc1.[Ni][Br]. The van der Waals surface area contributed by atoms with Gasteiger partial charge in [-0.05, 0) is 0 Å². The van der Waals surface area contributed by atoms with Gasteiger partial charge in [0.25, 0.3) is 0 Å². The Balaban J connectivity index is 0.000000461. The minimum absolute atomic E-state index is 1.20. The summed E-state index contributed by atoms with van der Waals surface area (Å²) in [6.07, 6.45) is 3.76. The second-order valence-corrected chi connectivity index (χ2v) is 1.81. The number of rotatable bonds is 1. The van der Waals surface area contributed by atoms with Crippen molar-refractivity contribution < 1.29 is 13.7 Å². The topological polar surface area (TPSA) is 0 Å². The van der Waals surface area contributed by atoms with E-state index in [9.17, 15) is 0 Å². The molecule has 0 saturated carbocycles. The summed E-state index contributed by atoms with van der Waals surface area (Å²) >= 11 is 6.25. The standard InChI is InChI=1S/C9H9.BrH.Ni/c1-2-6-9-7-4-3-5-8-9;;/h2-8H,1H2;1H;/q-1;;+1/p-1. The monoisotopic (exact) mass is 254 g/mol. The van der Waals surface area contributed by atoms with Crippen molar-refractivity contribution in [2.75, 3.05) is 0 Å². The molecule has 0 aliphatic heterocycles. The molecule has 11 heavy (non-hydrogen) atoms. The third-order valence-corrected chi connectivity index (χ3v) is 1.11. The van der Waals surface area contributed by atoms with Crippen LogP contribution in [-0.4, -0.2) is 0 Å². The van der Waals surface area contributed by atoms with Crippen LogP contribution in [0.5, 0.6) is 0 Å². The van der Waals surface area contributed by atoms with Crippen molar-refractivity contribution in [3.05, 3.63) is 48.9 Å². The molecule has 0 radical (unpaired) electrons. The van der Waals surface area contributed by atoms with Gasteiger partial charge in [-0.2, -0.15) is 0 Å². The van der Waals surface area contributed by atoms with Crippen molar-refractivity contribution in [2.45, 2.75) is 0 Å². The number of allylic oxidation sites excluding steroid dienone is 1. The van der Waals surface area contributed by atoms with Gasteiger partial charge in [0.1, 0.15) is 0 Å². The van der Waals surface area contributed by atoms with Gasteiger partial charge >= 0.3 is 27.9 Å². The molecule has 63 valence electrons. The molecule has 0 aliphatic rings. The fourth-order valence-electron chi connectivity index (χ4n) is 0.700. The van der Waals surface area contributed by atoms with Crippen LogP contribution < -0.4 is 0 Å². The maximum absolute atomic E-state index is 3.69. The maximum atomic E-state index is 3.69. The van der Waals surface area contributed by atoms with E-state index >= 15 is 0 Å². The molecule has 0 spiro atoms. The number of hydrogen-bond donors (Lipinski definition) is 0. The van der Waals surface area contributed by atoms with Crippen molar-refractivity contribution in [1.82, 2.24) is 0 Å². The van der Waals surface area contributed by atoms with Crippen LogP contribution in [0.15, 0.2) is 36.4 Å². The first-order chi connectivity index (χ1) is 5.43. The van der Waals surface area contributed by atoms with Gasteiger partial charge in [-0.25, -0.2) is 19.1 Å². The van der Waals surface area contributed by atoms with Crippen molar-refractivity contribution >= 4 is 20.3 Å². The van der Waals surface area contributed by atoms with E-state index in [-0.39, 0.29) is 0 Å². The van der Waals surface area contributed by atoms with Gasteiger partial charge < -0.3 is 0 Å². The molecule has 0 fully saturated rings. The van der Waals surface area contributed by atoms with E-state index in [1.165, 1.54) is 5.56 Å². The van der Waals surface area contributed by atoms with Gasteiger partial charge in [0.2, 0.25) is 0 Å². The summed E-state index contributed by atoms with van der Waals surface area (Å²) in [5, 5.41) is 0. The van der Waals surface area contributed by atoms with Crippen LogP contribution in [-0.2, 0) is 13.7 Å². The molecular formula is C9H9BrNi-. The summed E-state index contributed by atoms with van der Waals surface area (Å²) in [5.74, 6) is 0. The summed E-state index contributed by atoms with van der Waals surface area (Å²) in [5.41, 5.74) is 1.20. The Labute approximate surface area is 82.8 Å². The summed E-state index contributed by atoms with van der Waals surface area (Å²) in [7, 11) is 0. The molecule has 0 bridgehead atoms. The summed E-state index contributed by atoms with van der Waals surface area (Å²) in [4.78, 5) is 0. The van der Waals surface area contributed by atoms with E-state index in [1.807, 2.05) is 36.4 Å². The van der Waals surface area contributed by atoms with Crippen molar-refractivity contribution in [2.24, 2.45) is 0 Å². The Kier molecular flexibility index (Phi) is 7.76. The van der Waals surface area contributed by atoms with Gasteiger partial charge in [-0.15, -0.1) is 5.56 Å². The molecule has 2 heteroatoms. The van der Waals surface area contributed by atoms with Crippen LogP contribution in [0, 0.1) is 6.92 Å². The van der Waals surface area contributed by atoms with Gasteiger partial charge in [0.05, 0.1) is 0 Å². The molecule has 0 atom stereocenters. The first-order valence-corrected chi connectivity index (χ1v) is 5.50. The Morgan fingerprint density at radius 2 is 1.73 bits per heavy atom. The van der Waals surface area contributed by atoms with E-state index in [4.69, 9.17) is 0 Å². The molecule has 0 nitrogen and oxygen atoms in total. The van der Waals surface area contributed by atoms with Gasteiger partial charge in [-0.3, -0.25) is 0 Å². The molecule has 1 rings (SSSR count). The predicted octanol–water partition coefficient (Wildman–Crippen LogP) is 3.38. The van der Waals surface area contributed by atoms with E-state index in [1.54, 1.807) is 6.08 Å². The molecule has 0 heterocycles. The van der Waals surface area contributed by atoms with E-state index in [0.29, 0.717) is 0 Å². The van der Waals surface area contributed by atoms with Crippen molar-refractivity contribution in [3.63, 3.8) is 0 Å². The average molecular weight is 256 g/mol. The van der Waals surface area contributed by atoms with Crippen LogP contribution in [0.1, 0.15) is 5.56 Å². The van der Waals surface area contributed by atoms with Crippen LogP contribution in [0.2, 0.25) is 0 Å². The van der Waals surface area contributed by atoms with E-state index < -0.39 is 0 Å². The quantitative estimate of drug-likeness (QED) is 0.533.